The smallest absolute Gasteiger partial charge is 0.201 e. The maximum atomic E-state index is 12.2. The van der Waals surface area contributed by atoms with Crippen LogP contribution in [0.1, 0.15) is 31.8 Å². The van der Waals surface area contributed by atoms with Gasteiger partial charge in [0.05, 0.1) is 11.1 Å². The van der Waals surface area contributed by atoms with Crippen molar-refractivity contribution >= 4 is 11.6 Å². The molecule has 0 atom stereocenters. The Morgan fingerprint density at radius 2 is 1.11 bits per heavy atom. The molecule has 0 unspecified atom stereocenters. The summed E-state index contributed by atoms with van der Waals surface area (Å²) in [5.41, 5.74) is 0.240. The molecule has 0 amide bonds. The summed E-state index contributed by atoms with van der Waals surface area (Å²) in [4.78, 5) is 24.4. The summed E-state index contributed by atoms with van der Waals surface area (Å²) in [6, 6.07) is 8.68. The molecule has 0 bridgehead atoms. The molecule has 0 aromatic heterocycles. The Morgan fingerprint density at radius 1 is 0.684 bits per heavy atom. The molecule has 1 aliphatic rings. The summed E-state index contributed by atoms with van der Waals surface area (Å²) in [5, 5.41) is 19.4. The van der Waals surface area contributed by atoms with E-state index in [1.807, 2.05) is 0 Å². The molecule has 99 valence electrons. The molecule has 0 heterocycles. The summed E-state index contributed by atoms with van der Waals surface area (Å²) in [7, 11) is 0. The zero-order chi connectivity index (χ0) is 12.9. The van der Waals surface area contributed by atoms with Crippen LogP contribution in [-0.4, -0.2) is 21.8 Å². The first kappa shape index (κ1) is 13.3. The fourth-order valence-electron chi connectivity index (χ4n) is 2.21. The molecule has 2 N–H and O–H groups in total. The number of hydrogen-bond donors (Lipinski definition) is 2. The van der Waals surface area contributed by atoms with E-state index in [-0.39, 0.29) is 56.6 Å². The zero-order valence-electron chi connectivity index (χ0n) is 9.48. The van der Waals surface area contributed by atoms with E-state index in [1.54, 1.807) is 0 Å². The molecule has 0 saturated heterocycles. The second-order valence-corrected chi connectivity index (χ2v) is 4.06. The third kappa shape index (κ3) is 1.75. The molecule has 1 radical (unpaired) electrons. The number of phenols is 2. The topological polar surface area (TPSA) is 74.6 Å². The van der Waals surface area contributed by atoms with Gasteiger partial charge in [0, 0.05) is 28.2 Å². The maximum absolute atomic E-state index is 12.2. The van der Waals surface area contributed by atoms with Crippen molar-refractivity contribution in [1.29, 1.82) is 0 Å². The molecule has 0 saturated carbocycles. The number of aromatic hydroxyl groups is 2. The average Bonchev–Trinajstić information content (AvgIpc) is 2.35. The quantitative estimate of drug-likeness (QED) is 0.622. The van der Waals surface area contributed by atoms with Crippen LogP contribution in [0.3, 0.4) is 0 Å². The van der Waals surface area contributed by atoms with Crippen LogP contribution in [-0.2, 0) is 17.1 Å². The molecule has 0 aliphatic heterocycles. The molecular weight excluding hydrogens is 296 g/mol. The number of phenolic OH excluding ortho intramolecular Hbond substituents is 2. The van der Waals surface area contributed by atoms with Gasteiger partial charge in [0.25, 0.3) is 0 Å². The molecule has 5 heteroatoms. The second-order valence-electron chi connectivity index (χ2n) is 4.06. The standard InChI is InChI=1S/C14H8O4.Cu/c15-9-5-1-3-7-11(9)14(18)12-8(13(7)17)4-2-6-10(12)16;/h1-6,15-16H;. The van der Waals surface area contributed by atoms with Crippen molar-refractivity contribution in [2.75, 3.05) is 0 Å². The van der Waals surface area contributed by atoms with Gasteiger partial charge in [-0.1, -0.05) is 24.3 Å². The predicted octanol–water partition coefficient (Wildman–Crippen LogP) is 1.87. The van der Waals surface area contributed by atoms with E-state index >= 15 is 0 Å². The zero-order valence-corrected chi connectivity index (χ0v) is 10.4. The Balaban J connectivity index is 0.00000133. The molecule has 2 aromatic rings. The van der Waals surface area contributed by atoms with Crippen LogP contribution in [0.2, 0.25) is 0 Å². The third-order valence-electron chi connectivity index (χ3n) is 3.03. The molecule has 4 nitrogen and oxygen atoms in total. The monoisotopic (exact) mass is 303 g/mol. The SMILES string of the molecule is O=C1c2cccc(O)c2C(=O)c2c(O)cccc21.[Cu]. The van der Waals surface area contributed by atoms with E-state index in [1.165, 1.54) is 36.4 Å². The summed E-state index contributed by atoms with van der Waals surface area (Å²) < 4.78 is 0. The van der Waals surface area contributed by atoms with Crippen LogP contribution >= 0.6 is 0 Å². The van der Waals surface area contributed by atoms with Crippen molar-refractivity contribution in [1.82, 2.24) is 0 Å². The summed E-state index contributed by atoms with van der Waals surface area (Å²) >= 11 is 0. The molecule has 0 spiro atoms. The number of ketones is 2. The normalized spacial score (nSPS) is 12.4. The van der Waals surface area contributed by atoms with Crippen molar-refractivity contribution < 1.29 is 36.9 Å². The molecule has 19 heavy (non-hydrogen) atoms. The fraction of sp³-hybridized carbons (Fsp3) is 0. The first-order valence-corrected chi connectivity index (χ1v) is 5.34. The molecule has 0 fully saturated rings. The van der Waals surface area contributed by atoms with Gasteiger partial charge in [-0.15, -0.1) is 0 Å². The van der Waals surface area contributed by atoms with Crippen molar-refractivity contribution in [3.05, 3.63) is 58.7 Å². The molecule has 1 aliphatic carbocycles. The van der Waals surface area contributed by atoms with Crippen molar-refractivity contribution in [3.8, 4) is 11.5 Å². The van der Waals surface area contributed by atoms with Crippen molar-refractivity contribution in [2.24, 2.45) is 0 Å². The maximum Gasteiger partial charge on any atom is 0.201 e. The fourth-order valence-corrected chi connectivity index (χ4v) is 2.21. The van der Waals surface area contributed by atoms with Gasteiger partial charge in [-0.2, -0.15) is 0 Å². The van der Waals surface area contributed by atoms with E-state index in [0.717, 1.165) is 0 Å². The van der Waals surface area contributed by atoms with E-state index in [0.29, 0.717) is 0 Å². The van der Waals surface area contributed by atoms with Crippen LogP contribution in [0.5, 0.6) is 11.5 Å². The number of benzene rings is 2. The Hall–Kier alpha value is -2.10. The van der Waals surface area contributed by atoms with Crippen LogP contribution < -0.4 is 0 Å². The predicted molar refractivity (Wildman–Crippen MR) is 63.1 cm³/mol. The number of rotatable bonds is 0. The Bertz CT molecular complexity index is 649. The van der Waals surface area contributed by atoms with Crippen LogP contribution in [0.25, 0.3) is 0 Å². The third-order valence-corrected chi connectivity index (χ3v) is 3.03. The van der Waals surface area contributed by atoms with Gasteiger partial charge in [0.15, 0.2) is 5.78 Å². The number of carbonyl (C=O) groups excluding carboxylic acids is 2. The minimum Gasteiger partial charge on any atom is -0.507 e. The first-order valence-electron chi connectivity index (χ1n) is 5.34. The molecular formula is C14H8CuO4. The van der Waals surface area contributed by atoms with Crippen molar-refractivity contribution in [2.45, 2.75) is 0 Å². The van der Waals surface area contributed by atoms with E-state index < -0.39 is 5.78 Å². The first-order chi connectivity index (χ1) is 8.61. The van der Waals surface area contributed by atoms with E-state index in [2.05, 4.69) is 0 Å². The molecule has 3 rings (SSSR count). The van der Waals surface area contributed by atoms with Crippen LogP contribution in [0.15, 0.2) is 36.4 Å². The van der Waals surface area contributed by atoms with Gasteiger partial charge in [-0.3, -0.25) is 9.59 Å². The summed E-state index contributed by atoms with van der Waals surface area (Å²) in [6.07, 6.45) is 0. The van der Waals surface area contributed by atoms with Gasteiger partial charge >= 0.3 is 0 Å². The van der Waals surface area contributed by atoms with Gasteiger partial charge in [-0.05, 0) is 12.1 Å². The summed E-state index contributed by atoms with van der Waals surface area (Å²) in [5.74, 6) is -1.40. The van der Waals surface area contributed by atoms with E-state index in [4.69, 9.17) is 0 Å². The van der Waals surface area contributed by atoms with Crippen LogP contribution in [0, 0.1) is 0 Å². The minimum absolute atomic E-state index is 0. The number of hydrogen-bond acceptors (Lipinski definition) is 4. The van der Waals surface area contributed by atoms with Crippen molar-refractivity contribution in [3.63, 3.8) is 0 Å². The minimum atomic E-state index is -0.532. The van der Waals surface area contributed by atoms with Gasteiger partial charge in [0.1, 0.15) is 11.5 Å². The summed E-state index contributed by atoms with van der Waals surface area (Å²) in [6.45, 7) is 0. The van der Waals surface area contributed by atoms with Gasteiger partial charge in [-0.25, -0.2) is 0 Å². The van der Waals surface area contributed by atoms with Crippen LogP contribution in [0.4, 0.5) is 0 Å². The number of carbonyl (C=O) groups is 2. The second kappa shape index (κ2) is 4.53. The molecule has 2 aromatic carbocycles. The Labute approximate surface area is 119 Å². The number of fused-ring (bicyclic) bond motifs is 2. The Kier molecular flexibility index (Phi) is 3.18. The Morgan fingerprint density at radius 3 is 1.53 bits per heavy atom. The van der Waals surface area contributed by atoms with Gasteiger partial charge in [0.2, 0.25) is 5.78 Å². The van der Waals surface area contributed by atoms with Gasteiger partial charge < -0.3 is 10.2 Å². The average molecular weight is 304 g/mol. The van der Waals surface area contributed by atoms with E-state index in [9.17, 15) is 19.8 Å². The largest absolute Gasteiger partial charge is 0.507 e.